The number of carbonyl (C=O) groups is 1. The normalized spacial score (nSPS) is 12.2. The van der Waals surface area contributed by atoms with Gasteiger partial charge in [0.1, 0.15) is 6.54 Å². The van der Waals surface area contributed by atoms with Gasteiger partial charge in [-0.15, -0.1) is 0 Å². The fraction of sp³-hybridized carbons (Fsp3) is 0.438. The van der Waals surface area contributed by atoms with Crippen LogP contribution in [-0.2, 0) is 16.1 Å². The zero-order valence-electron chi connectivity index (χ0n) is 12.5. The average Bonchev–Trinajstić information content (AvgIpc) is 2.38. The summed E-state index contributed by atoms with van der Waals surface area (Å²) in [5.74, 6) is -0.349. The number of esters is 1. The highest BCUT2D eigenvalue weighted by Crippen LogP contribution is 2.19. The lowest BCUT2D eigenvalue weighted by Gasteiger charge is -2.36. The van der Waals surface area contributed by atoms with Crippen molar-refractivity contribution >= 4 is 5.97 Å². The molecule has 1 unspecified atom stereocenters. The first-order valence-electron chi connectivity index (χ1n) is 6.69. The molecule has 1 atom stereocenters. The highest BCUT2D eigenvalue weighted by Gasteiger charge is 2.30. The summed E-state index contributed by atoms with van der Waals surface area (Å²) < 4.78 is 6.11. The van der Waals surface area contributed by atoms with E-state index in [-0.39, 0.29) is 16.9 Å². The summed E-state index contributed by atoms with van der Waals surface area (Å²) in [4.78, 5) is 11.4. The van der Waals surface area contributed by atoms with Gasteiger partial charge in [-0.05, 0) is 6.42 Å². The van der Waals surface area contributed by atoms with Gasteiger partial charge in [-0.25, -0.2) is 4.79 Å². The summed E-state index contributed by atoms with van der Waals surface area (Å²) in [5, 5.41) is 0. The second-order valence-corrected chi connectivity index (χ2v) is 5.31. The van der Waals surface area contributed by atoms with Gasteiger partial charge in [-0.3, -0.25) is 4.48 Å². The Hall–Kier alpha value is -1.68. The number of carbonyl (C=O) groups excluding carboxylic acids is 1. The topological polar surface area (TPSA) is 26.3 Å². The maximum atomic E-state index is 11.4. The molecule has 20 heavy (non-hydrogen) atoms. The van der Waals surface area contributed by atoms with E-state index >= 15 is 0 Å². The van der Waals surface area contributed by atoms with E-state index in [9.17, 15) is 4.79 Å². The molecular formula is C16H24FNO2. The Morgan fingerprint density at radius 1 is 1.35 bits per heavy atom. The Kier molecular flexibility index (Phi) is 7.77. The third-order valence-electron chi connectivity index (χ3n) is 3.17. The minimum atomic E-state index is -0.349. The number of hydrogen-bond donors (Lipinski definition) is 0. The van der Waals surface area contributed by atoms with E-state index in [2.05, 4.69) is 39.7 Å². The standard InChI is InChI=1S/C16H24NO2.FH/c1-5-10-15(19-16(18)6-2)17(3,4)13-14-11-8-7-9-12-14;/h6-9,11-12,15H,2,5,10,13H2,1,3-4H3;1H/q+1;/p-1. The molecule has 1 rings (SSSR count). The van der Waals surface area contributed by atoms with Crippen LogP contribution in [0.15, 0.2) is 43.0 Å². The van der Waals surface area contributed by atoms with Crippen molar-refractivity contribution in [3.05, 3.63) is 48.6 Å². The van der Waals surface area contributed by atoms with E-state index in [0.29, 0.717) is 4.48 Å². The van der Waals surface area contributed by atoms with Gasteiger partial charge in [0.15, 0.2) is 0 Å². The molecule has 0 saturated heterocycles. The predicted molar refractivity (Wildman–Crippen MR) is 77.2 cm³/mol. The molecule has 4 heteroatoms. The highest BCUT2D eigenvalue weighted by molar-refractivity contribution is 5.81. The van der Waals surface area contributed by atoms with Gasteiger partial charge in [-0.2, -0.15) is 0 Å². The van der Waals surface area contributed by atoms with Gasteiger partial charge in [0.2, 0.25) is 6.23 Å². The Morgan fingerprint density at radius 2 is 1.95 bits per heavy atom. The molecule has 0 amide bonds. The summed E-state index contributed by atoms with van der Waals surface area (Å²) in [6.45, 7) is 6.38. The van der Waals surface area contributed by atoms with Crippen LogP contribution in [0, 0.1) is 0 Å². The van der Waals surface area contributed by atoms with E-state index in [0.717, 1.165) is 19.4 Å². The minimum absolute atomic E-state index is 0. The monoisotopic (exact) mass is 281 g/mol. The molecule has 0 aliphatic rings. The fourth-order valence-corrected chi connectivity index (χ4v) is 2.14. The molecular weight excluding hydrogens is 257 g/mol. The zero-order chi connectivity index (χ0) is 14.3. The van der Waals surface area contributed by atoms with Crippen LogP contribution >= 0.6 is 0 Å². The van der Waals surface area contributed by atoms with Crippen molar-refractivity contribution in [3.63, 3.8) is 0 Å². The molecule has 0 radical (unpaired) electrons. The van der Waals surface area contributed by atoms with Crippen molar-refractivity contribution < 1.29 is 18.7 Å². The maximum absolute atomic E-state index is 11.4. The largest absolute Gasteiger partial charge is 1.00 e. The number of rotatable bonds is 7. The number of nitrogens with zero attached hydrogens (tertiary/aromatic N) is 1. The lowest BCUT2D eigenvalue weighted by atomic mass is 10.1. The number of hydrogen-bond acceptors (Lipinski definition) is 2. The molecule has 0 aromatic heterocycles. The third-order valence-corrected chi connectivity index (χ3v) is 3.17. The quantitative estimate of drug-likeness (QED) is 0.307. The SMILES string of the molecule is C=CC(=O)OC(CCC)[N+](C)(C)Cc1ccccc1.[F-]. The zero-order valence-corrected chi connectivity index (χ0v) is 12.5. The summed E-state index contributed by atoms with van der Waals surface area (Å²) in [6, 6.07) is 10.3. The second-order valence-electron chi connectivity index (χ2n) is 5.31. The Balaban J connectivity index is 0.00000361. The molecule has 0 aliphatic carbocycles. The molecule has 0 aliphatic heterocycles. The summed E-state index contributed by atoms with van der Waals surface area (Å²) >= 11 is 0. The number of halogens is 1. The van der Waals surface area contributed by atoms with Crippen molar-refractivity contribution in [2.45, 2.75) is 32.5 Å². The highest BCUT2D eigenvalue weighted by atomic mass is 19.0. The van der Waals surface area contributed by atoms with E-state index < -0.39 is 0 Å². The Bertz CT molecular complexity index is 418. The molecule has 1 aromatic rings. The van der Waals surface area contributed by atoms with Gasteiger partial charge in [0, 0.05) is 18.1 Å². The molecule has 0 N–H and O–H groups in total. The van der Waals surface area contributed by atoms with E-state index in [4.69, 9.17) is 4.74 Å². The minimum Gasteiger partial charge on any atom is -1.00 e. The van der Waals surface area contributed by atoms with Crippen LogP contribution in [0.1, 0.15) is 25.3 Å². The van der Waals surface area contributed by atoms with Gasteiger partial charge < -0.3 is 9.44 Å². The number of benzene rings is 1. The van der Waals surface area contributed by atoms with Crippen LogP contribution in [-0.4, -0.2) is 30.8 Å². The fourth-order valence-electron chi connectivity index (χ4n) is 2.14. The number of quaternary nitrogens is 1. The summed E-state index contributed by atoms with van der Waals surface area (Å²) in [7, 11) is 4.17. The van der Waals surface area contributed by atoms with Gasteiger partial charge in [-0.1, -0.05) is 43.8 Å². The van der Waals surface area contributed by atoms with Crippen molar-refractivity contribution in [1.82, 2.24) is 0 Å². The van der Waals surface area contributed by atoms with Gasteiger partial charge in [0.25, 0.3) is 0 Å². The van der Waals surface area contributed by atoms with Crippen LogP contribution in [0.5, 0.6) is 0 Å². The molecule has 0 saturated carbocycles. The van der Waals surface area contributed by atoms with Crippen molar-refractivity contribution in [2.75, 3.05) is 14.1 Å². The first kappa shape index (κ1) is 18.3. The maximum Gasteiger partial charge on any atom is 0.334 e. The van der Waals surface area contributed by atoms with E-state index in [1.54, 1.807) is 0 Å². The van der Waals surface area contributed by atoms with Gasteiger partial charge >= 0.3 is 5.97 Å². The van der Waals surface area contributed by atoms with Crippen LogP contribution in [0.2, 0.25) is 0 Å². The number of ether oxygens (including phenoxy) is 1. The molecule has 0 spiro atoms. The lowest BCUT2D eigenvalue weighted by molar-refractivity contribution is -0.947. The third kappa shape index (κ3) is 5.53. The van der Waals surface area contributed by atoms with E-state index in [1.807, 2.05) is 18.2 Å². The predicted octanol–water partition coefficient (Wildman–Crippen LogP) is 0.122. The van der Waals surface area contributed by atoms with Crippen LogP contribution in [0.25, 0.3) is 0 Å². The van der Waals surface area contributed by atoms with Crippen LogP contribution in [0.3, 0.4) is 0 Å². The molecule has 112 valence electrons. The smallest absolute Gasteiger partial charge is 0.334 e. The lowest BCUT2D eigenvalue weighted by Crippen LogP contribution is -3.00. The van der Waals surface area contributed by atoms with Crippen LogP contribution in [0.4, 0.5) is 0 Å². The Labute approximate surface area is 120 Å². The first-order valence-corrected chi connectivity index (χ1v) is 6.69. The Morgan fingerprint density at radius 3 is 2.45 bits per heavy atom. The average molecular weight is 281 g/mol. The molecule has 0 heterocycles. The van der Waals surface area contributed by atoms with E-state index in [1.165, 1.54) is 11.6 Å². The molecule has 0 bridgehead atoms. The van der Waals surface area contributed by atoms with Crippen molar-refractivity contribution in [3.8, 4) is 0 Å². The van der Waals surface area contributed by atoms with Crippen LogP contribution < -0.4 is 4.70 Å². The van der Waals surface area contributed by atoms with Crippen molar-refractivity contribution in [2.24, 2.45) is 0 Å². The molecule has 0 fully saturated rings. The first-order chi connectivity index (χ1) is 8.99. The molecule has 3 nitrogen and oxygen atoms in total. The second kappa shape index (κ2) is 8.48. The summed E-state index contributed by atoms with van der Waals surface area (Å²) in [6.07, 6.45) is 2.91. The van der Waals surface area contributed by atoms with Gasteiger partial charge in [0.05, 0.1) is 14.1 Å². The van der Waals surface area contributed by atoms with Crippen molar-refractivity contribution in [1.29, 1.82) is 0 Å². The summed E-state index contributed by atoms with van der Waals surface area (Å²) in [5.41, 5.74) is 1.24. The molecule has 1 aromatic carbocycles.